The molecule has 0 spiro atoms. The number of ether oxygens (including phenoxy) is 1. The molecule has 3 rings (SSSR count). The van der Waals surface area contributed by atoms with Crippen LogP contribution in [-0.2, 0) is 20.6 Å². The highest BCUT2D eigenvalue weighted by atomic mass is 35.5. The fraction of sp³-hybridized carbons (Fsp3) is 0.421. The van der Waals surface area contributed by atoms with Gasteiger partial charge in [0.2, 0.25) is 5.95 Å². The topological polar surface area (TPSA) is 103 Å². The van der Waals surface area contributed by atoms with Crippen molar-refractivity contribution in [3.05, 3.63) is 50.1 Å². The Hall–Kier alpha value is -2.78. The highest BCUT2D eigenvalue weighted by Crippen LogP contribution is 2.18. The number of aryl methyl sites for hydroxylation is 1. The maximum atomic E-state index is 12.7. The molecule has 29 heavy (non-hydrogen) atoms. The quantitative estimate of drug-likeness (QED) is 0.569. The number of hydrogen-bond acceptors (Lipinski definition) is 6. The minimum atomic E-state index is -0.910. The third-order valence-electron chi connectivity index (χ3n) is 4.53. The number of aliphatic hydroxyl groups excluding tert-OH is 1. The third kappa shape index (κ3) is 4.30. The van der Waals surface area contributed by atoms with E-state index in [0.717, 1.165) is 11.0 Å². The number of fused-ring (bicyclic) bond motifs is 1. The number of rotatable bonds is 8. The molecule has 0 aliphatic rings. The van der Waals surface area contributed by atoms with E-state index in [1.807, 2.05) is 6.92 Å². The summed E-state index contributed by atoms with van der Waals surface area (Å²) in [4.78, 5) is 29.4. The van der Waals surface area contributed by atoms with Crippen LogP contribution in [0.3, 0.4) is 0 Å². The van der Waals surface area contributed by atoms with Crippen LogP contribution in [0.5, 0.6) is 5.75 Å². The number of imidazole rings is 1. The summed E-state index contributed by atoms with van der Waals surface area (Å²) in [7, 11) is 2.98. The van der Waals surface area contributed by atoms with Crippen LogP contribution in [0.2, 0.25) is 5.02 Å². The fourth-order valence-corrected chi connectivity index (χ4v) is 3.11. The maximum Gasteiger partial charge on any atom is 0.332 e. The van der Waals surface area contributed by atoms with Gasteiger partial charge in [0.1, 0.15) is 18.5 Å². The first-order valence-corrected chi connectivity index (χ1v) is 9.67. The smallest absolute Gasteiger partial charge is 0.332 e. The van der Waals surface area contributed by atoms with Gasteiger partial charge in [-0.25, -0.2) is 4.79 Å². The van der Waals surface area contributed by atoms with Crippen molar-refractivity contribution < 1.29 is 9.84 Å². The molecule has 9 nitrogen and oxygen atoms in total. The number of nitrogens with zero attached hydrogens (tertiary/aromatic N) is 4. The zero-order chi connectivity index (χ0) is 21.1. The molecule has 0 saturated heterocycles. The lowest BCUT2D eigenvalue weighted by atomic mass is 10.3. The summed E-state index contributed by atoms with van der Waals surface area (Å²) in [6.07, 6.45) is -0.0604. The molecule has 0 radical (unpaired) electrons. The lowest BCUT2D eigenvalue weighted by Crippen LogP contribution is -2.38. The van der Waals surface area contributed by atoms with E-state index in [1.165, 1.54) is 11.6 Å². The molecule has 3 aromatic rings. The monoisotopic (exact) mass is 421 g/mol. The van der Waals surface area contributed by atoms with Crippen LogP contribution in [0.25, 0.3) is 11.2 Å². The van der Waals surface area contributed by atoms with Crippen LogP contribution in [0.4, 0.5) is 5.95 Å². The van der Waals surface area contributed by atoms with Crippen LogP contribution >= 0.6 is 11.6 Å². The van der Waals surface area contributed by atoms with Gasteiger partial charge in [0.05, 0.1) is 6.54 Å². The molecular formula is C19H24ClN5O4. The van der Waals surface area contributed by atoms with Gasteiger partial charge in [0.25, 0.3) is 5.56 Å². The predicted octanol–water partition coefficient (Wildman–Crippen LogP) is 1.35. The highest BCUT2D eigenvalue weighted by molar-refractivity contribution is 6.30. The van der Waals surface area contributed by atoms with E-state index in [-0.39, 0.29) is 24.3 Å². The molecule has 2 heterocycles. The minimum absolute atomic E-state index is 0.0145. The van der Waals surface area contributed by atoms with Crippen molar-refractivity contribution in [2.24, 2.45) is 14.1 Å². The Balaban J connectivity index is 1.92. The largest absolute Gasteiger partial charge is 0.491 e. The molecule has 2 aromatic heterocycles. The molecule has 0 saturated carbocycles. The normalized spacial score (nSPS) is 12.3. The second-order valence-corrected chi connectivity index (χ2v) is 7.21. The van der Waals surface area contributed by atoms with E-state index >= 15 is 0 Å². The van der Waals surface area contributed by atoms with Crippen molar-refractivity contribution in [2.75, 3.05) is 18.5 Å². The fourth-order valence-electron chi connectivity index (χ4n) is 2.98. The van der Waals surface area contributed by atoms with E-state index < -0.39 is 17.4 Å². The Morgan fingerprint density at radius 3 is 2.55 bits per heavy atom. The van der Waals surface area contributed by atoms with Crippen molar-refractivity contribution in [1.29, 1.82) is 0 Å². The van der Waals surface area contributed by atoms with Crippen molar-refractivity contribution in [2.45, 2.75) is 26.0 Å². The standard InChI is InChI=1S/C19H24ClN5O4/c1-4-9-21-18-22-16-15(17(27)24(3)19(28)23(16)2)25(18)10-13(26)11-29-14-7-5-12(20)6-8-14/h5-8,13,26H,4,9-11H2,1-3H3,(H,21,22)/t13-/m0/s1. The molecule has 0 aliphatic carbocycles. The Morgan fingerprint density at radius 1 is 1.21 bits per heavy atom. The zero-order valence-corrected chi connectivity index (χ0v) is 17.3. The third-order valence-corrected chi connectivity index (χ3v) is 4.78. The Kier molecular flexibility index (Phi) is 6.29. The molecule has 156 valence electrons. The Bertz CT molecular complexity index is 1120. The lowest BCUT2D eigenvalue weighted by molar-refractivity contribution is 0.0938. The van der Waals surface area contributed by atoms with Crippen LogP contribution in [0.15, 0.2) is 33.9 Å². The average molecular weight is 422 g/mol. The summed E-state index contributed by atoms with van der Waals surface area (Å²) in [6, 6.07) is 6.82. The van der Waals surface area contributed by atoms with Crippen LogP contribution < -0.4 is 21.3 Å². The summed E-state index contributed by atoms with van der Waals surface area (Å²) in [6.45, 7) is 2.72. The van der Waals surface area contributed by atoms with Gasteiger partial charge in [-0.1, -0.05) is 18.5 Å². The molecule has 10 heteroatoms. The molecule has 1 aromatic carbocycles. The minimum Gasteiger partial charge on any atom is -0.491 e. The van der Waals surface area contributed by atoms with Gasteiger partial charge in [-0.05, 0) is 30.7 Å². The number of hydrogen-bond donors (Lipinski definition) is 2. The summed E-state index contributed by atoms with van der Waals surface area (Å²) in [5.41, 5.74) is -0.409. The summed E-state index contributed by atoms with van der Waals surface area (Å²) in [5.74, 6) is 0.997. The van der Waals surface area contributed by atoms with Gasteiger partial charge in [-0.3, -0.25) is 13.9 Å². The van der Waals surface area contributed by atoms with Gasteiger partial charge in [0.15, 0.2) is 11.2 Å². The van der Waals surface area contributed by atoms with E-state index in [1.54, 1.807) is 35.9 Å². The second kappa shape index (κ2) is 8.71. The zero-order valence-electron chi connectivity index (χ0n) is 16.6. The molecule has 2 N–H and O–H groups in total. The summed E-state index contributed by atoms with van der Waals surface area (Å²) in [5, 5.41) is 14.3. The van der Waals surface area contributed by atoms with E-state index in [9.17, 15) is 14.7 Å². The molecule has 0 fully saturated rings. The summed E-state index contributed by atoms with van der Waals surface area (Å²) >= 11 is 5.86. The summed E-state index contributed by atoms with van der Waals surface area (Å²) < 4.78 is 9.55. The molecule has 0 aliphatic heterocycles. The second-order valence-electron chi connectivity index (χ2n) is 6.77. The van der Waals surface area contributed by atoms with Crippen LogP contribution in [0, 0.1) is 0 Å². The Morgan fingerprint density at radius 2 is 1.90 bits per heavy atom. The predicted molar refractivity (Wildman–Crippen MR) is 112 cm³/mol. The SMILES string of the molecule is CCCNc1nc2c(c(=O)n(C)c(=O)n2C)n1C[C@H](O)COc1ccc(Cl)cc1. The number of halogens is 1. The molecular weight excluding hydrogens is 398 g/mol. The van der Waals surface area contributed by atoms with E-state index in [2.05, 4.69) is 10.3 Å². The lowest BCUT2D eigenvalue weighted by Gasteiger charge is -2.16. The van der Waals surface area contributed by atoms with Crippen molar-refractivity contribution in [1.82, 2.24) is 18.7 Å². The first kappa shape index (κ1) is 20.9. The molecule has 0 amide bonds. The molecule has 1 atom stereocenters. The van der Waals surface area contributed by atoms with Gasteiger partial charge >= 0.3 is 5.69 Å². The number of benzene rings is 1. The number of nitrogens with one attached hydrogen (secondary N) is 1. The van der Waals surface area contributed by atoms with Crippen molar-refractivity contribution in [3.63, 3.8) is 0 Å². The van der Waals surface area contributed by atoms with Crippen LogP contribution in [0.1, 0.15) is 13.3 Å². The van der Waals surface area contributed by atoms with Gasteiger partial charge < -0.3 is 19.7 Å². The Labute approximate surface area is 172 Å². The molecule has 0 bridgehead atoms. The number of aromatic nitrogens is 4. The first-order valence-electron chi connectivity index (χ1n) is 9.30. The van der Waals surface area contributed by atoms with Gasteiger partial charge in [-0.2, -0.15) is 4.98 Å². The highest BCUT2D eigenvalue weighted by Gasteiger charge is 2.21. The number of anilines is 1. The van der Waals surface area contributed by atoms with Crippen LogP contribution in [-0.4, -0.2) is 43.0 Å². The molecule has 0 unspecified atom stereocenters. The van der Waals surface area contributed by atoms with E-state index in [0.29, 0.717) is 23.3 Å². The number of aliphatic hydroxyl groups is 1. The van der Waals surface area contributed by atoms with Gasteiger partial charge in [0, 0.05) is 25.7 Å². The van der Waals surface area contributed by atoms with Crippen molar-refractivity contribution in [3.8, 4) is 5.75 Å². The van der Waals surface area contributed by atoms with Gasteiger partial charge in [-0.15, -0.1) is 0 Å². The average Bonchev–Trinajstić information content (AvgIpc) is 3.07. The maximum absolute atomic E-state index is 12.7. The first-order chi connectivity index (χ1) is 13.8. The van der Waals surface area contributed by atoms with Crippen molar-refractivity contribution >= 4 is 28.7 Å². The van der Waals surface area contributed by atoms with E-state index in [4.69, 9.17) is 16.3 Å².